The van der Waals surface area contributed by atoms with Gasteiger partial charge in [0.2, 0.25) is 4.77 Å². The molecule has 3 rings (SSSR count). The molecule has 2 heterocycles. The van der Waals surface area contributed by atoms with Gasteiger partial charge in [0, 0.05) is 6.21 Å². The van der Waals surface area contributed by atoms with E-state index in [1.165, 1.54) is 17.0 Å². The van der Waals surface area contributed by atoms with E-state index in [-0.39, 0.29) is 10.6 Å². The number of H-pyrrole nitrogens is 1. The number of benzene rings is 1. The highest BCUT2D eigenvalue weighted by molar-refractivity contribution is 7.71. The van der Waals surface area contributed by atoms with E-state index in [4.69, 9.17) is 16.6 Å². The fourth-order valence-corrected chi connectivity index (χ4v) is 2.02. The summed E-state index contributed by atoms with van der Waals surface area (Å²) in [7, 11) is 0. The van der Waals surface area contributed by atoms with E-state index in [0.29, 0.717) is 17.1 Å². The second-order valence-corrected chi connectivity index (χ2v) is 4.67. The molecule has 0 aliphatic carbocycles. The lowest BCUT2D eigenvalue weighted by Gasteiger charge is -2.01. The number of hydrogen-bond donors (Lipinski definition) is 1. The Kier molecular flexibility index (Phi) is 4.06. The van der Waals surface area contributed by atoms with Crippen molar-refractivity contribution >= 4 is 24.5 Å². The van der Waals surface area contributed by atoms with Crippen molar-refractivity contribution in [2.75, 3.05) is 0 Å². The van der Waals surface area contributed by atoms with Crippen LogP contribution in [0.15, 0.2) is 58.3 Å². The quantitative estimate of drug-likeness (QED) is 0.587. The molecule has 0 spiro atoms. The predicted molar refractivity (Wildman–Crippen MR) is 84.4 cm³/mol. The number of rotatable bonds is 4. The average molecular weight is 314 g/mol. The second kappa shape index (κ2) is 6.31. The summed E-state index contributed by atoms with van der Waals surface area (Å²) >= 11 is 5.11. The SMILES string of the molecule is Fc1ccccc1-c1n[nH]c(=S)n1N=CC=Cc1ccco1. The van der Waals surface area contributed by atoms with Gasteiger partial charge in [-0.1, -0.05) is 12.1 Å². The van der Waals surface area contributed by atoms with Gasteiger partial charge in [-0.2, -0.15) is 14.9 Å². The molecule has 0 aliphatic rings. The second-order valence-electron chi connectivity index (χ2n) is 4.28. The molecule has 2 aromatic heterocycles. The molecule has 0 aliphatic heterocycles. The molecule has 0 amide bonds. The number of aromatic amines is 1. The summed E-state index contributed by atoms with van der Waals surface area (Å²) in [5, 5.41) is 10.8. The Balaban J connectivity index is 1.90. The summed E-state index contributed by atoms with van der Waals surface area (Å²) in [6.07, 6.45) is 6.55. The topological polar surface area (TPSA) is 59.1 Å². The van der Waals surface area contributed by atoms with Gasteiger partial charge in [0.15, 0.2) is 5.82 Å². The fraction of sp³-hybridized carbons (Fsp3) is 0. The number of nitrogens with zero attached hydrogens (tertiary/aromatic N) is 3. The number of aromatic nitrogens is 3. The van der Waals surface area contributed by atoms with E-state index in [2.05, 4.69) is 15.3 Å². The van der Waals surface area contributed by atoms with Crippen molar-refractivity contribution in [1.82, 2.24) is 14.9 Å². The molecule has 5 nitrogen and oxygen atoms in total. The molecule has 0 unspecified atom stereocenters. The predicted octanol–water partition coefficient (Wildman–Crippen LogP) is 3.89. The summed E-state index contributed by atoms with van der Waals surface area (Å²) < 4.78 is 20.7. The highest BCUT2D eigenvalue weighted by Crippen LogP contribution is 2.20. The minimum Gasteiger partial charge on any atom is -0.465 e. The van der Waals surface area contributed by atoms with Crippen molar-refractivity contribution in [1.29, 1.82) is 0 Å². The van der Waals surface area contributed by atoms with Crippen LogP contribution in [0.2, 0.25) is 0 Å². The highest BCUT2D eigenvalue weighted by atomic mass is 32.1. The van der Waals surface area contributed by atoms with E-state index in [1.54, 1.807) is 42.7 Å². The van der Waals surface area contributed by atoms with E-state index in [0.717, 1.165) is 0 Å². The van der Waals surface area contributed by atoms with Crippen molar-refractivity contribution in [3.8, 4) is 11.4 Å². The van der Waals surface area contributed by atoms with Crippen LogP contribution < -0.4 is 0 Å². The van der Waals surface area contributed by atoms with Gasteiger partial charge >= 0.3 is 0 Å². The van der Waals surface area contributed by atoms with E-state index in [1.807, 2.05) is 6.07 Å². The van der Waals surface area contributed by atoms with E-state index >= 15 is 0 Å². The largest absolute Gasteiger partial charge is 0.465 e. The van der Waals surface area contributed by atoms with Crippen molar-refractivity contribution in [3.63, 3.8) is 0 Å². The molecule has 3 aromatic rings. The Morgan fingerprint density at radius 2 is 2.14 bits per heavy atom. The Labute approximate surface area is 130 Å². The Morgan fingerprint density at radius 1 is 1.27 bits per heavy atom. The maximum absolute atomic E-state index is 13.9. The van der Waals surface area contributed by atoms with Crippen LogP contribution in [-0.4, -0.2) is 21.1 Å². The smallest absolute Gasteiger partial charge is 0.216 e. The van der Waals surface area contributed by atoms with Crippen LogP contribution in [0.1, 0.15) is 5.76 Å². The maximum atomic E-state index is 13.9. The fourth-order valence-electron chi connectivity index (χ4n) is 1.84. The third-order valence-electron chi connectivity index (χ3n) is 2.84. The molecule has 110 valence electrons. The molecular formula is C15H11FN4OS. The molecule has 0 saturated carbocycles. The monoisotopic (exact) mass is 314 g/mol. The maximum Gasteiger partial charge on any atom is 0.216 e. The van der Waals surface area contributed by atoms with Gasteiger partial charge in [0.25, 0.3) is 0 Å². The standard InChI is InChI=1S/C15H11FN4OS/c16-13-8-2-1-7-12(13)14-18-19-15(22)20(14)17-9-3-5-11-6-4-10-21-11/h1-10H,(H,19,22). The minimum absolute atomic E-state index is 0.279. The number of hydrogen-bond acceptors (Lipinski definition) is 4. The van der Waals surface area contributed by atoms with Crippen LogP contribution in [0.4, 0.5) is 4.39 Å². The lowest BCUT2D eigenvalue weighted by atomic mass is 10.2. The lowest BCUT2D eigenvalue weighted by Crippen LogP contribution is -1.95. The molecular weight excluding hydrogens is 303 g/mol. The van der Waals surface area contributed by atoms with Gasteiger partial charge in [-0.15, -0.1) is 0 Å². The number of allylic oxidation sites excluding steroid dienone is 1. The van der Waals surface area contributed by atoms with Gasteiger partial charge < -0.3 is 4.42 Å². The minimum atomic E-state index is -0.390. The third kappa shape index (κ3) is 2.94. The van der Waals surface area contributed by atoms with Crippen LogP contribution in [0.3, 0.4) is 0 Å². The van der Waals surface area contributed by atoms with Gasteiger partial charge in [-0.3, -0.25) is 0 Å². The highest BCUT2D eigenvalue weighted by Gasteiger charge is 2.11. The molecule has 0 saturated heterocycles. The number of halogens is 1. The molecule has 0 bridgehead atoms. The molecule has 0 fully saturated rings. The first kappa shape index (κ1) is 14.2. The summed E-state index contributed by atoms with van der Waals surface area (Å²) in [5.41, 5.74) is 0.321. The molecule has 0 radical (unpaired) electrons. The lowest BCUT2D eigenvalue weighted by molar-refractivity contribution is 0.557. The van der Waals surface area contributed by atoms with Crippen LogP contribution in [0, 0.1) is 10.6 Å². The first-order valence-electron chi connectivity index (χ1n) is 6.42. The van der Waals surface area contributed by atoms with Crippen molar-refractivity contribution in [3.05, 3.63) is 65.1 Å². The molecule has 1 N–H and O–H groups in total. The van der Waals surface area contributed by atoms with Crippen molar-refractivity contribution in [2.45, 2.75) is 0 Å². The van der Waals surface area contributed by atoms with Gasteiger partial charge in [-0.25, -0.2) is 9.49 Å². The third-order valence-corrected chi connectivity index (χ3v) is 3.10. The normalized spacial score (nSPS) is 11.7. The van der Waals surface area contributed by atoms with Crippen LogP contribution in [0.5, 0.6) is 0 Å². The van der Waals surface area contributed by atoms with Gasteiger partial charge in [-0.05, 0) is 48.6 Å². The van der Waals surface area contributed by atoms with Crippen LogP contribution in [0.25, 0.3) is 17.5 Å². The van der Waals surface area contributed by atoms with Crippen LogP contribution in [-0.2, 0) is 0 Å². The summed E-state index contributed by atoms with van der Waals surface area (Å²) in [5.74, 6) is 0.626. The zero-order valence-electron chi connectivity index (χ0n) is 11.3. The molecule has 22 heavy (non-hydrogen) atoms. The molecule has 1 aromatic carbocycles. The molecule has 0 atom stereocenters. The Bertz CT molecular complexity index is 877. The van der Waals surface area contributed by atoms with E-state index < -0.39 is 0 Å². The zero-order chi connectivity index (χ0) is 15.4. The number of furan rings is 1. The van der Waals surface area contributed by atoms with Crippen LogP contribution >= 0.6 is 12.2 Å². The first-order chi connectivity index (χ1) is 10.8. The summed E-state index contributed by atoms with van der Waals surface area (Å²) in [4.78, 5) is 0. The molecule has 7 heteroatoms. The van der Waals surface area contributed by atoms with Gasteiger partial charge in [0.05, 0.1) is 11.8 Å². The van der Waals surface area contributed by atoms with Crippen molar-refractivity contribution in [2.24, 2.45) is 5.10 Å². The zero-order valence-corrected chi connectivity index (χ0v) is 12.1. The van der Waals surface area contributed by atoms with Gasteiger partial charge in [0.1, 0.15) is 11.6 Å². The average Bonchev–Trinajstić information content (AvgIpc) is 3.15. The Morgan fingerprint density at radius 3 is 2.91 bits per heavy atom. The Hall–Kier alpha value is -2.80. The van der Waals surface area contributed by atoms with Crippen molar-refractivity contribution < 1.29 is 8.81 Å². The first-order valence-corrected chi connectivity index (χ1v) is 6.83. The summed E-state index contributed by atoms with van der Waals surface area (Å²) in [6, 6.07) is 9.92. The van der Waals surface area contributed by atoms with E-state index in [9.17, 15) is 4.39 Å². The number of nitrogens with one attached hydrogen (secondary N) is 1. The summed E-state index contributed by atoms with van der Waals surface area (Å²) in [6.45, 7) is 0.